The number of benzene rings is 2. The predicted octanol–water partition coefficient (Wildman–Crippen LogP) is 6.93. The molecular weight excluding hydrogens is 717 g/mol. The summed E-state index contributed by atoms with van der Waals surface area (Å²) in [7, 11) is 0. The number of pyridine rings is 1. The summed E-state index contributed by atoms with van der Waals surface area (Å²) in [6, 6.07) is 15.1. The summed E-state index contributed by atoms with van der Waals surface area (Å²) in [4.78, 5) is 60.1. The van der Waals surface area contributed by atoms with Gasteiger partial charge in [-0.1, -0.05) is 62.8 Å². The Labute approximate surface area is 339 Å². The van der Waals surface area contributed by atoms with Crippen molar-refractivity contribution in [3.05, 3.63) is 86.3 Å². The molecule has 2 fully saturated rings. The topological polar surface area (TPSA) is 141 Å². The van der Waals surface area contributed by atoms with Crippen LogP contribution in [0.3, 0.4) is 0 Å². The van der Waals surface area contributed by atoms with Crippen molar-refractivity contribution in [3.63, 3.8) is 0 Å². The minimum Gasteiger partial charge on any atom is -0.381 e. The highest BCUT2D eigenvalue weighted by Gasteiger charge is 2.26. The number of hydrogen-bond donors (Lipinski definition) is 3. The van der Waals surface area contributed by atoms with Crippen molar-refractivity contribution in [2.45, 2.75) is 124 Å². The number of rotatable bonds is 20. The number of ether oxygens (including phenoxy) is 1. The van der Waals surface area contributed by atoms with Gasteiger partial charge in [0, 0.05) is 100 Å². The van der Waals surface area contributed by atoms with Gasteiger partial charge in [-0.25, -0.2) is 0 Å². The summed E-state index contributed by atoms with van der Waals surface area (Å²) < 4.78 is 5.69. The summed E-state index contributed by atoms with van der Waals surface area (Å²) in [5.74, 6) is -0.140. The standard InChI is InChI=1S/C46H66N6O5/c1-5-52(39-20-26-57-27-21-39)42-30-38(29-40(35(42)4)45(55)48-31-41-33(2)28-34(3)49-46(41)56)37-18-16-36(17-19-37)32-50-22-24-51(25-23-50)44(54)15-13-11-9-7-6-8-10-12-14-43(47)53/h16-19,28-30,39H,5-15,20-27,31-32H2,1-4H3,(H2,47,53)(H,48,55)(H,49,56). The summed E-state index contributed by atoms with van der Waals surface area (Å²) in [6.45, 7) is 14.4. The first-order valence-electron chi connectivity index (χ1n) is 21.4. The molecule has 3 heterocycles. The molecule has 2 saturated heterocycles. The van der Waals surface area contributed by atoms with Crippen LogP contribution in [0.1, 0.15) is 122 Å². The number of carbonyl (C=O) groups excluding carboxylic acids is 3. The van der Waals surface area contributed by atoms with Crippen molar-refractivity contribution >= 4 is 23.4 Å². The Morgan fingerprint density at radius 3 is 2.09 bits per heavy atom. The van der Waals surface area contributed by atoms with Gasteiger partial charge in [0.05, 0.1) is 0 Å². The minimum absolute atomic E-state index is 0.150. The van der Waals surface area contributed by atoms with Crippen molar-refractivity contribution in [3.8, 4) is 11.1 Å². The third kappa shape index (κ3) is 12.8. The zero-order valence-electron chi connectivity index (χ0n) is 34.9. The molecule has 0 atom stereocenters. The number of amides is 3. The van der Waals surface area contributed by atoms with E-state index in [-0.39, 0.29) is 29.8 Å². The molecule has 0 aliphatic carbocycles. The number of carbonyl (C=O) groups is 3. The first kappa shape index (κ1) is 43.6. The number of aromatic amines is 1. The Hall–Kier alpha value is -4.48. The highest BCUT2D eigenvalue weighted by molar-refractivity contribution is 5.99. The number of nitrogens with two attached hydrogens (primary N) is 1. The number of primary amides is 1. The van der Waals surface area contributed by atoms with E-state index in [2.05, 4.69) is 57.4 Å². The maximum atomic E-state index is 13.9. The highest BCUT2D eigenvalue weighted by atomic mass is 16.5. The molecule has 5 rings (SSSR count). The van der Waals surface area contributed by atoms with Crippen LogP contribution in [0.4, 0.5) is 5.69 Å². The van der Waals surface area contributed by atoms with Crippen LogP contribution < -0.4 is 21.5 Å². The molecule has 4 N–H and O–H groups in total. The quantitative estimate of drug-likeness (QED) is 0.106. The van der Waals surface area contributed by atoms with Gasteiger partial charge in [0.25, 0.3) is 11.5 Å². The summed E-state index contributed by atoms with van der Waals surface area (Å²) in [5.41, 5.74) is 13.1. The van der Waals surface area contributed by atoms with E-state index in [4.69, 9.17) is 10.5 Å². The molecule has 2 aliphatic heterocycles. The maximum Gasteiger partial charge on any atom is 0.253 e. The summed E-state index contributed by atoms with van der Waals surface area (Å²) >= 11 is 0. The Morgan fingerprint density at radius 2 is 1.47 bits per heavy atom. The van der Waals surface area contributed by atoms with Crippen LogP contribution in [-0.2, 0) is 27.4 Å². The first-order valence-corrected chi connectivity index (χ1v) is 21.4. The SMILES string of the molecule is CCN(c1cc(-c2ccc(CN3CCN(C(=O)CCCCCCCCCCC(N)=O)CC3)cc2)cc(C(=O)NCc2c(C)cc(C)[nH]c2=O)c1C)C1CCOCC1. The number of piperazine rings is 1. The van der Waals surface area contributed by atoms with Crippen molar-refractivity contribution in [2.75, 3.05) is 50.8 Å². The van der Waals surface area contributed by atoms with Gasteiger partial charge in [0.2, 0.25) is 11.8 Å². The van der Waals surface area contributed by atoms with Crippen molar-refractivity contribution in [2.24, 2.45) is 5.73 Å². The van der Waals surface area contributed by atoms with Crippen LogP contribution in [0, 0.1) is 20.8 Å². The van der Waals surface area contributed by atoms with Crippen LogP contribution >= 0.6 is 0 Å². The van der Waals surface area contributed by atoms with Crippen LogP contribution in [0.15, 0.2) is 47.3 Å². The number of aromatic nitrogens is 1. The molecule has 11 heteroatoms. The number of unbranched alkanes of at least 4 members (excludes halogenated alkanes) is 7. The number of H-pyrrole nitrogens is 1. The fourth-order valence-corrected chi connectivity index (χ4v) is 8.40. The average molecular weight is 783 g/mol. The maximum absolute atomic E-state index is 13.9. The van der Waals surface area contributed by atoms with Gasteiger partial charge in [-0.05, 0) is 99.4 Å². The third-order valence-corrected chi connectivity index (χ3v) is 11.8. The van der Waals surface area contributed by atoms with Crippen LogP contribution in [0.5, 0.6) is 0 Å². The van der Waals surface area contributed by atoms with Crippen molar-refractivity contribution in [1.29, 1.82) is 0 Å². The molecule has 3 amide bonds. The molecule has 3 aromatic rings. The molecule has 0 saturated carbocycles. The average Bonchev–Trinajstić information content (AvgIpc) is 3.20. The number of hydrogen-bond acceptors (Lipinski definition) is 7. The monoisotopic (exact) mass is 783 g/mol. The van der Waals surface area contributed by atoms with E-state index < -0.39 is 0 Å². The fourth-order valence-electron chi connectivity index (χ4n) is 8.40. The first-order chi connectivity index (χ1) is 27.5. The molecule has 1 aromatic heterocycles. The second-order valence-electron chi connectivity index (χ2n) is 16.1. The van der Waals surface area contributed by atoms with E-state index in [9.17, 15) is 19.2 Å². The number of anilines is 1. The summed E-state index contributed by atoms with van der Waals surface area (Å²) in [5, 5.41) is 3.05. The zero-order valence-corrected chi connectivity index (χ0v) is 34.9. The molecule has 310 valence electrons. The Morgan fingerprint density at radius 1 is 0.842 bits per heavy atom. The molecule has 57 heavy (non-hydrogen) atoms. The lowest BCUT2D eigenvalue weighted by molar-refractivity contribution is -0.133. The normalized spacial score (nSPS) is 15.1. The molecule has 2 aliphatic rings. The highest BCUT2D eigenvalue weighted by Crippen LogP contribution is 2.34. The minimum atomic E-state index is -0.212. The predicted molar refractivity (Wildman–Crippen MR) is 228 cm³/mol. The molecular formula is C46H66N6O5. The second-order valence-corrected chi connectivity index (χ2v) is 16.1. The fraction of sp³-hybridized carbons (Fsp3) is 0.565. The summed E-state index contributed by atoms with van der Waals surface area (Å²) in [6.07, 6.45) is 11.6. The smallest absolute Gasteiger partial charge is 0.253 e. The molecule has 0 unspecified atom stereocenters. The number of nitrogens with zero attached hydrogens (tertiary/aromatic N) is 3. The molecule has 2 aromatic carbocycles. The van der Waals surface area contributed by atoms with Gasteiger partial charge in [0.15, 0.2) is 0 Å². The Kier molecular flexibility index (Phi) is 16.8. The van der Waals surface area contributed by atoms with E-state index in [1.807, 2.05) is 37.8 Å². The van der Waals surface area contributed by atoms with Gasteiger partial charge in [-0.2, -0.15) is 0 Å². The Bertz CT molecular complexity index is 1840. The van der Waals surface area contributed by atoms with E-state index in [1.54, 1.807) is 0 Å². The second kappa shape index (κ2) is 21.9. The third-order valence-electron chi connectivity index (χ3n) is 11.8. The Balaban J connectivity index is 1.17. The number of aryl methyl sites for hydroxylation is 2. The zero-order chi connectivity index (χ0) is 40.7. The van der Waals surface area contributed by atoms with Gasteiger partial charge in [-0.15, -0.1) is 0 Å². The van der Waals surface area contributed by atoms with E-state index in [0.29, 0.717) is 30.0 Å². The van der Waals surface area contributed by atoms with Crippen molar-refractivity contribution in [1.82, 2.24) is 20.1 Å². The molecule has 0 bridgehead atoms. The van der Waals surface area contributed by atoms with Crippen LogP contribution in [0.25, 0.3) is 11.1 Å². The van der Waals surface area contributed by atoms with Crippen LogP contribution in [-0.4, -0.2) is 84.5 Å². The van der Waals surface area contributed by atoms with E-state index in [0.717, 1.165) is 137 Å². The van der Waals surface area contributed by atoms with Gasteiger partial charge >= 0.3 is 0 Å². The van der Waals surface area contributed by atoms with E-state index in [1.165, 1.54) is 18.4 Å². The lowest BCUT2D eigenvalue weighted by atomic mass is 9.94. The largest absolute Gasteiger partial charge is 0.381 e. The molecule has 0 radical (unpaired) electrons. The van der Waals surface area contributed by atoms with Gasteiger partial charge < -0.3 is 30.6 Å². The van der Waals surface area contributed by atoms with Crippen molar-refractivity contribution < 1.29 is 19.1 Å². The lowest BCUT2D eigenvalue weighted by Gasteiger charge is -2.37. The molecule has 11 nitrogen and oxygen atoms in total. The lowest BCUT2D eigenvalue weighted by Crippen LogP contribution is -2.48. The number of nitrogens with one attached hydrogen (secondary N) is 2. The van der Waals surface area contributed by atoms with Gasteiger partial charge in [0.1, 0.15) is 0 Å². The van der Waals surface area contributed by atoms with Gasteiger partial charge in [-0.3, -0.25) is 24.1 Å². The van der Waals surface area contributed by atoms with E-state index >= 15 is 0 Å². The van der Waals surface area contributed by atoms with Crippen LogP contribution in [0.2, 0.25) is 0 Å². The molecule has 0 spiro atoms.